The molecule has 6 heteroatoms. The van der Waals surface area contributed by atoms with Gasteiger partial charge in [0.1, 0.15) is 5.82 Å². The monoisotopic (exact) mass is 312 g/mol. The first-order chi connectivity index (χ1) is 11.1. The molecule has 0 radical (unpaired) electrons. The second-order valence-corrected chi connectivity index (χ2v) is 4.97. The predicted molar refractivity (Wildman–Crippen MR) is 86.1 cm³/mol. The highest BCUT2D eigenvalue weighted by atomic mass is 19.1. The van der Waals surface area contributed by atoms with Crippen LogP contribution in [0.15, 0.2) is 54.7 Å². The number of halogens is 2. The van der Waals surface area contributed by atoms with E-state index in [1.807, 2.05) is 30.3 Å². The van der Waals surface area contributed by atoms with Crippen LogP contribution in [0.5, 0.6) is 0 Å². The minimum atomic E-state index is -0.592. The van der Waals surface area contributed by atoms with E-state index in [2.05, 4.69) is 20.6 Å². The number of aromatic nitrogens is 2. The van der Waals surface area contributed by atoms with E-state index in [9.17, 15) is 8.78 Å². The first-order valence-electron chi connectivity index (χ1n) is 6.99. The van der Waals surface area contributed by atoms with Gasteiger partial charge in [-0.05, 0) is 42.8 Å². The molecule has 0 atom stereocenters. The average molecular weight is 312 g/mol. The van der Waals surface area contributed by atoms with Gasteiger partial charge in [0.25, 0.3) is 0 Å². The summed E-state index contributed by atoms with van der Waals surface area (Å²) >= 11 is 0. The highest BCUT2D eigenvalue weighted by Gasteiger charge is 2.08. The zero-order valence-electron chi connectivity index (χ0n) is 12.3. The van der Waals surface area contributed by atoms with E-state index >= 15 is 0 Å². The molecule has 0 saturated heterocycles. The van der Waals surface area contributed by atoms with Crippen molar-refractivity contribution in [3.63, 3.8) is 0 Å². The third-order valence-electron chi connectivity index (χ3n) is 3.19. The summed E-state index contributed by atoms with van der Waals surface area (Å²) in [6.45, 7) is 1.64. The molecule has 23 heavy (non-hydrogen) atoms. The number of rotatable bonds is 4. The number of hydrogen-bond donors (Lipinski definition) is 2. The van der Waals surface area contributed by atoms with Crippen molar-refractivity contribution in [3.8, 4) is 0 Å². The van der Waals surface area contributed by atoms with Crippen molar-refractivity contribution in [2.45, 2.75) is 6.92 Å². The zero-order valence-corrected chi connectivity index (χ0v) is 12.3. The Kier molecular flexibility index (Phi) is 4.14. The van der Waals surface area contributed by atoms with Crippen LogP contribution < -0.4 is 10.6 Å². The Bertz CT molecular complexity index is 822. The quantitative estimate of drug-likeness (QED) is 0.742. The van der Waals surface area contributed by atoms with Gasteiger partial charge in [-0.2, -0.15) is 4.98 Å². The summed E-state index contributed by atoms with van der Waals surface area (Å²) in [5, 5.41) is 5.82. The molecule has 1 aromatic heterocycles. The van der Waals surface area contributed by atoms with Gasteiger partial charge in [0.2, 0.25) is 5.95 Å². The summed E-state index contributed by atoms with van der Waals surface area (Å²) in [7, 11) is 0. The van der Waals surface area contributed by atoms with E-state index in [0.717, 1.165) is 11.9 Å². The van der Waals surface area contributed by atoms with Crippen molar-refractivity contribution < 1.29 is 8.78 Å². The Labute approximate surface area is 132 Å². The minimum absolute atomic E-state index is 0.0180. The molecule has 0 unspecified atom stereocenters. The molecule has 4 nitrogen and oxygen atoms in total. The van der Waals surface area contributed by atoms with Crippen molar-refractivity contribution in [2.24, 2.45) is 0 Å². The van der Waals surface area contributed by atoms with Crippen LogP contribution in [-0.4, -0.2) is 9.97 Å². The number of para-hydroxylation sites is 1. The molecular formula is C17H14F2N4. The molecule has 0 saturated carbocycles. The maximum Gasteiger partial charge on any atom is 0.229 e. The highest BCUT2D eigenvalue weighted by molar-refractivity contribution is 5.60. The van der Waals surface area contributed by atoms with Crippen molar-refractivity contribution in [3.05, 3.63) is 71.9 Å². The molecule has 0 aliphatic rings. The van der Waals surface area contributed by atoms with Crippen molar-refractivity contribution in [2.75, 3.05) is 10.6 Å². The van der Waals surface area contributed by atoms with Gasteiger partial charge in [0, 0.05) is 11.4 Å². The third kappa shape index (κ3) is 3.60. The topological polar surface area (TPSA) is 49.8 Å². The number of anilines is 4. The molecule has 0 aliphatic heterocycles. The second kappa shape index (κ2) is 6.39. The molecule has 2 N–H and O–H groups in total. The normalized spacial score (nSPS) is 10.4. The van der Waals surface area contributed by atoms with E-state index in [0.29, 0.717) is 11.3 Å². The Morgan fingerprint density at radius 2 is 1.65 bits per heavy atom. The van der Waals surface area contributed by atoms with Crippen LogP contribution in [0, 0.1) is 18.6 Å². The number of hydrogen-bond acceptors (Lipinski definition) is 4. The minimum Gasteiger partial charge on any atom is -0.338 e. The fourth-order valence-corrected chi connectivity index (χ4v) is 2.02. The van der Waals surface area contributed by atoms with Gasteiger partial charge in [-0.15, -0.1) is 0 Å². The van der Waals surface area contributed by atoms with Crippen LogP contribution in [0.3, 0.4) is 0 Å². The first-order valence-corrected chi connectivity index (χ1v) is 6.99. The number of aryl methyl sites for hydroxylation is 1. The Balaban J connectivity index is 1.84. The fraction of sp³-hybridized carbons (Fsp3) is 0.0588. The fourth-order valence-electron chi connectivity index (χ4n) is 2.02. The highest BCUT2D eigenvalue weighted by Crippen LogP contribution is 2.21. The van der Waals surface area contributed by atoms with Gasteiger partial charge in [-0.25, -0.2) is 13.8 Å². The lowest BCUT2D eigenvalue weighted by atomic mass is 10.2. The molecule has 0 aliphatic carbocycles. The summed E-state index contributed by atoms with van der Waals surface area (Å²) < 4.78 is 27.2. The Morgan fingerprint density at radius 1 is 0.870 bits per heavy atom. The maximum atomic E-state index is 13.9. The second-order valence-electron chi connectivity index (χ2n) is 4.97. The van der Waals surface area contributed by atoms with Crippen molar-refractivity contribution in [1.82, 2.24) is 9.97 Å². The summed E-state index contributed by atoms with van der Waals surface area (Å²) in [5.41, 5.74) is 1.81. The van der Waals surface area contributed by atoms with E-state index in [4.69, 9.17) is 0 Å². The average Bonchev–Trinajstić information content (AvgIpc) is 2.55. The smallest absolute Gasteiger partial charge is 0.229 e. The molecule has 3 rings (SSSR count). The van der Waals surface area contributed by atoms with Crippen molar-refractivity contribution >= 4 is 23.1 Å². The Morgan fingerprint density at radius 3 is 2.39 bits per heavy atom. The maximum absolute atomic E-state index is 13.9. The SMILES string of the molecule is Cc1cc(Nc2nc(Nc3ccccc3)ncc2F)ccc1F. The van der Waals surface area contributed by atoms with E-state index in [1.54, 1.807) is 13.0 Å². The van der Waals surface area contributed by atoms with Crippen LogP contribution in [-0.2, 0) is 0 Å². The summed E-state index contributed by atoms with van der Waals surface area (Å²) in [6.07, 6.45) is 1.08. The largest absolute Gasteiger partial charge is 0.338 e. The molecule has 0 amide bonds. The molecule has 0 fully saturated rings. The lowest BCUT2D eigenvalue weighted by molar-refractivity contribution is 0.617. The standard InChI is InChI=1S/C17H14F2N4/c1-11-9-13(7-8-14(11)18)21-16-15(19)10-20-17(23-16)22-12-5-3-2-4-6-12/h2-10H,1H3,(H2,20,21,22,23). The first kappa shape index (κ1) is 14.9. The number of nitrogens with one attached hydrogen (secondary N) is 2. The number of benzene rings is 2. The molecule has 3 aromatic rings. The lowest BCUT2D eigenvalue weighted by Gasteiger charge is -2.10. The van der Waals surface area contributed by atoms with Gasteiger partial charge in [-0.1, -0.05) is 18.2 Å². The van der Waals surface area contributed by atoms with E-state index in [-0.39, 0.29) is 17.6 Å². The van der Waals surface area contributed by atoms with Crippen LogP contribution in [0.1, 0.15) is 5.56 Å². The van der Waals surface area contributed by atoms with Crippen LogP contribution in [0.4, 0.5) is 31.9 Å². The van der Waals surface area contributed by atoms with Gasteiger partial charge >= 0.3 is 0 Å². The van der Waals surface area contributed by atoms with Crippen LogP contribution in [0.2, 0.25) is 0 Å². The molecule has 0 bridgehead atoms. The molecule has 1 heterocycles. The third-order valence-corrected chi connectivity index (χ3v) is 3.19. The molecule has 2 aromatic carbocycles. The molecular weight excluding hydrogens is 298 g/mol. The van der Waals surface area contributed by atoms with Crippen molar-refractivity contribution in [1.29, 1.82) is 0 Å². The Hall–Kier alpha value is -3.02. The van der Waals surface area contributed by atoms with Gasteiger partial charge in [0.05, 0.1) is 6.20 Å². The van der Waals surface area contributed by atoms with Gasteiger partial charge in [0.15, 0.2) is 11.6 Å². The van der Waals surface area contributed by atoms with E-state index < -0.39 is 5.82 Å². The molecule has 0 spiro atoms. The van der Waals surface area contributed by atoms with E-state index in [1.165, 1.54) is 12.1 Å². The number of nitrogens with zero attached hydrogens (tertiary/aromatic N) is 2. The summed E-state index contributed by atoms with van der Waals surface area (Å²) in [6, 6.07) is 13.8. The van der Waals surface area contributed by atoms with Gasteiger partial charge < -0.3 is 10.6 Å². The molecule has 116 valence electrons. The predicted octanol–water partition coefficient (Wildman–Crippen LogP) is 4.55. The summed E-state index contributed by atoms with van der Waals surface area (Å²) in [4.78, 5) is 8.02. The van der Waals surface area contributed by atoms with Crippen LogP contribution in [0.25, 0.3) is 0 Å². The summed E-state index contributed by atoms with van der Waals surface area (Å²) in [5.74, 6) is -0.626. The zero-order chi connectivity index (χ0) is 16.2. The van der Waals surface area contributed by atoms with Crippen LogP contribution >= 0.6 is 0 Å². The van der Waals surface area contributed by atoms with Gasteiger partial charge in [-0.3, -0.25) is 0 Å². The lowest BCUT2D eigenvalue weighted by Crippen LogP contribution is -2.03.